The number of likely N-dealkylation sites (N-methyl/N-ethyl adjacent to an activating group) is 1. The second-order valence-corrected chi connectivity index (χ2v) is 5.63. The van der Waals surface area contributed by atoms with Gasteiger partial charge in [0.15, 0.2) is 0 Å². The minimum Gasteiger partial charge on any atom is -0.314 e. The zero-order valence-corrected chi connectivity index (χ0v) is 12.4. The first-order valence-electron chi connectivity index (χ1n) is 6.63. The van der Waals surface area contributed by atoms with Gasteiger partial charge in [0.2, 0.25) is 0 Å². The fourth-order valence-electron chi connectivity index (χ4n) is 2.09. The fraction of sp³-hybridized carbons (Fsp3) is 0.600. The number of hydrogen-bond donors (Lipinski definition) is 1. The fourth-order valence-corrected chi connectivity index (χ4v) is 2.29. The van der Waals surface area contributed by atoms with Crippen molar-refractivity contribution in [2.24, 2.45) is 11.8 Å². The average Bonchev–Trinajstić information content (AvgIpc) is 2.32. The zero-order chi connectivity index (χ0) is 13.7. The number of halogens is 2. The van der Waals surface area contributed by atoms with Gasteiger partial charge in [-0.15, -0.1) is 0 Å². The Morgan fingerprint density at radius 1 is 1.28 bits per heavy atom. The molecule has 1 nitrogen and oxygen atoms in total. The molecule has 0 aliphatic heterocycles. The van der Waals surface area contributed by atoms with E-state index in [1.165, 1.54) is 6.07 Å². The average molecular weight is 272 g/mol. The van der Waals surface area contributed by atoms with Crippen molar-refractivity contribution in [3.8, 4) is 0 Å². The van der Waals surface area contributed by atoms with Gasteiger partial charge in [-0.1, -0.05) is 45.4 Å². The third-order valence-electron chi connectivity index (χ3n) is 3.59. The molecule has 1 rings (SSSR count). The van der Waals surface area contributed by atoms with E-state index in [1.807, 2.05) is 6.07 Å². The van der Waals surface area contributed by atoms with Gasteiger partial charge in [0, 0.05) is 6.04 Å². The van der Waals surface area contributed by atoms with E-state index in [9.17, 15) is 4.39 Å². The van der Waals surface area contributed by atoms with Crippen molar-refractivity contribution < 1.29 is 4.39 Å². The molecule has 2 unspecified atom stereocenters. The molecule has 0 aromatic heterocycles. The summed E-state index contributed by atoms with van der Waals surface area (Å²) in [4.78, 5) is 0. The highest BCUT2D eigenvalue weighted by molar-refractivity contribution is 6.30. The minimum atomic E-state index is -0.350. The molecule has 3 heteroatoms. The number of benzene rings is 1. The van der Waals surface area contributed by atoms with Gasteiger partial charge in [0.25, 0.3) is 0 Å². The molecule has 18 heavy (non-hydrogen) atoms. The van der Waals surface area contributed by atoms with E-state index >= 15 is 0 Å². The summed E-state index contributed by atoms with van der Waals surface area (Å²) in [6.07, 6.45) is 0.882. The first-order chi connectivity index (χ1) is 8.45. The Morgan fingerprint density at radius 3 is 2.44 bits per heavy atom. The summed E-state index contributed by atoms with van der Waals surface area (Å²) in [6, 6.07) is 5.39. The Balaban J connectivity index is 2.79. The normalized spacial score (nSPS) is 14.8. The SMILES string of the molecule is CCNC(Cc1ccc(F)c(Cl)c1)C(C)C(C)C. The summed E-state index contributed by atoms with van der Waals surface area (Å²) in [5.41, 5.74) is 1.08. The molecule has 0 saturated carbocycles. The van der Waals surface area contributed by atoms with Crippen LogP contribution in [0.3, 0.4) is 0 Å². The molecular weight excluding hydrogens is 249 g/mol. The smallest absolute Gasteiger partial charge is 0.141 e. The highest BCUT2D eigenvalue weighted by atomic mass is 35.5. The molecule has 0 bridgehead atoms. The molecule has 0 amide bonds. The van der Waals surface area contributed by atoms with Gasteiger partial charge in [-0.05, 0) is 42.5 Å². The summed E-state index contributed by atoms with van der Waals surface area (Å²) in [6.45, 7) is 9.76. The van der Waals surface area contributed by atoms with Crippen LogP contribution in [0.15, 0.2) is 18.2 Å². The molecule has 0 heterocycles. The van der Waals surface area contributed by atoms with E-state index in [0.717, 1.165) is 18.5 Å². The Hall–Kier alpha value is -0.600. The molecule has 1 N–H and O–H groups in total. The number of rotatable bonds is 6. The summed E-state index contributed by atoms with van der Waals surface area (Å²) < 4.78 is 13.1. The highest BCUT2D eigenvalue weighted by Gasteiger charge is 2.19. The largest absolute Gasteiger partial charge is 0.314 e. The topological polar surface area (TPSA) is 12.0 Å². The van der Waals surface area contributed by atoms with E-state index in [4.69, 9.17) is 11.6 Å². The predicted molar refractivity (Wildman–Crippen MR) is 76.6 cm³/mol. The van der Waals surface area contributed by atoms with Gasteiger partial charge in [-0.2, -0.15) is 0 Å². The third kappa shape index (κ3) is 4.25. The van der Waals surface area contributed by atoms with Gasteiger partial charge in [0.1, 0.15) is 5.82 Å². The van der Waals surface area contributed by atoms with Crippen molar-refractivity contribution >= 4 is 11.6 Å². The van der Waals surface area contributed by atoms with Gasteiger partial charge in [0.05, 0.1) is 5.02 Å². The molecule has 0 fully saturated rings. The molecule has 0 aliphatic carbocycles. The molecule has 0 aliphatic rings. The standard InChI is InChI=1S/C15H23ClFN/c1-5-18-15(11(4)10(2)3)9-12-6-7-14(17)13(16)8-12/h6-8,10-11,15,18H,5,9H2,1-4H3. The van der Waals surface area contributed by atoms with Crippen molar-refractivity contribution in [2.75, 3.05) is 6.54 Å². The van der Waals surface area contributed by atoms with E-state index in [1.54, 1.807) is 6.07 Å². The molecule has 0 radical (unpaired) electrons. The van der Waals surface area contributed by atoms with Crippen LogP contribution in [0, 0.1) is 17.7 Å². The Kier molecular flexibility index (Phi) is 6.10. The summed E-state index contributed by atoms with van der Waals surface area (Å²) >= 11 is 5.82. The maximum atomic E-state index is 13.1. The number of nitrogens with one attached hydrogen (secondary N) is 1. The maximum absolute atomic E-state index is 13.1. The van der Waals surface area contributed by atoms with Crippen LogP contribution in [0.4, 0.5) is 4.39 Å². The molecular formula is C15H23ClFN. The van der Waals surface area contributed by atoms with Crippen molar-refractivity contribution in [2.45, 2.75) is 40.2 Å². The molecule has 1 aromatic carbocycles. The monoisotopic (exact) mass is 271 g/mol. The lowest BCUT2D eigenvalue weighted by atomic mass is 9.86. The first-order valence-corrected chi connectivity index (χ1v) is 7.00. The predicted octanol–water partition coefficient (Wildman–Crippen LogP) is 4.29. The Bertz CT molecular complexity index is 379. The van der Waals surface area contributed by atoms with Gasteiger partial charge in [-0.3, -0.25) is 0 Å². The van der Waals surface area contributed by atoms with Crippen molar-refractivity contribution in [1.82, 2.24) is 5.32 Å². The van der Waals surface area contributed by atoms with E-state index in [2.05, 4.69) is 33.0 Å². The van der Waals surface area contributed by atoms with E-state index in [-0.39, 0.29) is 10.8 Å². The third-order valence-corrected chi connectivity index (χ3v) is 3.88. The molecule has 0 spiro atoms. The molecule has 102 valence electrons. The Labute approximate surface area is 115 Å². The quantitative estimate of drug-likeness (QED) is 0.814. The van der Waals surface area contributed by atoms with Gasteiger partial charge >= 0.3 is 0 Å². The molecule has 2 atom stereocenters. The maximum Gasteiger partial charge on any atom is 0.141 e. The van der Waals surface area contributed by atoms with Crippen LogP contribution in [0.1, 0.15) is 33.3 Å². The van der Waals surface area contributed by atoms with Gasteiger partial charge in [-0.25, -0.2) is 4.39 Å². The summed E-state index contributed by atoms with van der Waals surface area (Å²) in [5, 5.41) is 3.72. The van der Waals surface area contributed by atoms with Crippen LogP contribution < -0.4 is 5.32 Å². The van der Waals surface area contributed by atoms with Gasteiger partial charge < -0.3 is 5.32 Å². The van der Waals surface area contributed by atoms with Crippen LogP contribution in [0.5, 0.6) is 0 Å². The molecule has 0 saturated heterocycles. The second kappa shape index (κ2) is 7.10. The lowest BCUT2D eigenvalue weighted by Gasteiger charge is -2.28. The second-order valence-electron chi connectivity index (χ2n) is 5.22. The van der Waals surface area contributed by atoms with E-state index in [0.29, 0.717) is 17.9 Å². The van der Waals surface area contributed by atoms with Crippen LogP contribution in [-0.2, 0) is 6.42 Å². The highest BCUT2D eigenvalue weighted by Crippen LogP contribution is 2.21. The lowest BCUT2D eigenvalue weighted by Crippen LogP contribution is -2.38. The van der Waals surface area contributed by atoms with Crippen LogP contribution >= 0.6 is 11.6 Å². The van der Waals surface area contributed by atoms with E-state index < -0.39 is 0 Å². The first kappa shape index (κ1) is 15.5. The summed E-state index contributed by atoms with van der Waals surface area (Å²) in [5.74, 6) is 0.830. The zero-order valence-electron chi connectivity index (χ0n) is 11.6. The van der Waals surface area contributed by atoms with Crippen molar-refractivity contribution in [1.29, 1.82) is 0 Å². The Morgan fingerprint density at radius 2 is 1.94 bits per heavy atom. The van der Waals surface area contributed by atoms with Crippen LogP contribution in [0.25, 0.3) is 0 Å². The number of hydrogen-bond acceptors (Lipinski definition) is 1. The minimum absolute atomic E-state index is 0.208. The molecule has 1 aromatic rings. The van der Waals surface area contributed by atoms with Crippen LogP contribution in [0.2, 0.25) is 5.02 Å². The lowest BCUT2D eigenvalue weighted by molar-refractivity contribution is 0.300. The summed E-state index contributed by atoms with van der Waals surface area (Å²) in [7, 11) is 0. The van der Waals surface area contributed by atoms with Crippen LogP contribution in [-0.4, -0.2) is 12.6 Å². The van der Waals surface area contributed by atoms with Crippen molar-refractivity contribution in [3.63, 3.8) is 0 Å². The van der Waals surface area contributed by atoms with Crippen molar-refractivity contribution in [3.05, 3.63) is 34.6 Å².